The van der Waals surface area contributed by atoms with Crippen LogP contribution >= 0.6 is 11.3 Å². The van der Waals surface area contributed by atoms with Crippen molar-refractivity contribution in [1.29, 1.82) is 0 Å². The van der Waals surface area contributed by atoms with E-state index in [1.54, 1.807) is 15.9 Å². The maximum Gasteiger partial charge on any atom is 0.255 e. The zero-order valence-corrected chi connectivity index (χ0v) is 13.8. The molecule has 4 heterocycles. The van der Waals surface area contributed by atoms with Gasteiger partial charge < -0.3 is 4.90 Å². The summed E-state index contributed by atoms with van der Waals surface area (Å²) >= 11 is 1.56. The van der Waals surface area contributed by atoms with Gasteiger partial charge in [-0.05, 0) is 43.7 Å². The molecule has 0 bridgehead atoms. The summed E-state index contributed by atoms with van der Waals surface area (Å²) in [6, 6.07) is 5.91. The van der Waals surface area contributed by atoms with Gasteiger partial charge in [0.05, 0.1) is 23.0 Å². The molecule has 6 heteroatoms. The predicted octanol–water partition coefficient (Wildman–Crippen LogP) is 3.47. The quantitative estimate of drug-likeness (QED) is 0.724. The molecular weight excluding hydrogens is 308 g/mol. The van der Waals surface area contributed by atoms with Crippen LogP contribution in [-0.2, 0) is 0 Å². The number of hydrogen-bond acceptors (Lipinski definition) is 4. The number of piperidine rings is 1. The van der Waals surface area contributed by atoms with Crippen molar-refractivity contribution in [2.45, 2.75) is 32.2 Å². The summed E-state index contributed by atoms with van der Waals surface area (Å²) in [4.78, 5) is 19.5. The normalized spacial score (nSPS) is 18.5. The average molecular weight is 326 g/mol. The van der Waals surface area contributed by atoms with Crippen molar-refractivity contribution in [3.05, 3.63) is 52.1 Å². The van der Waals surface area contributed by atoms with E-state index in [0.29, 0.717) is 0 Å². The standard InChI is InChI=1S/C17H18N4OS/c1-12-10-16-18-14(5-8-21(16)19-12)15-4-2-3-7-20(15)17(22)13-6-9-23-11-13/h5-6,8-11,15H,2-4,7H2,1H3/t15-/m1/s1. The first-order chi connectivity index (χ1) is 11.2. The van der Waals surface area contributed by atoms with Crippen molar-refractivity contribution < 1.29 is 4.79 Å². The van der Waals surface area contributed by atoms with E-state index in [2.05, 4.69) is 5.10 Å². The smallest absolute Gasteiger partial charge is 0.255 e. The van der Waals surface area contributed by atoms with Crippen LogP contribution < -0.4 is 0 Å². The Morgan fingerprint density at radius 1 is 1.35 bits per heavy atom. The number of rotatable bonds is 2. The molecule has 0 aliphatic carbocycles. The van der Waals surface area contributed by atoms with Crippen LogP contribution in [0.1, 0.15) is 47.1 Å². The summed E-state index contributed by atoms with van der Waals surface area (Å²) in [6.45, 7) is 2.76. The second kappa shape index (κ2) is 5.77. The van der Waals surface area contributed by atoms with Gasteiger partial charge in [-0.2, -0.15) is 16.4 Å². The van der Waals surface area contributed by atoms with Crippen LogP contribution in [0.2, 0.25) is 0 Å². The van der Waals surface area contributed by atoms with E-state index >= 15 is 0 Å². The highest BCUT2D eigenvalue weighted by Crippen LogP contribution is 2.31. The number of likely N-dealkylation sites (tertiary alicyclic amines) is 1. The zero-order chi connectivity index (χ0) is 15.8. The fourth-order valence-corrected chi connectivity index (χ4v) is 3.86. The molecule has 118 valence electrons. The highest BCUT2D eigenvalue weighted by Gasteiger charge is 2.30. The van der Waals surface area contributed by atoms with Gasteiger partial charge in [0.15, 0.2) is 5.65 Å². The Morgan fingerprint density at radius 3 is 3.09 bits per heavy atom. The number of nitrogens with zero attached hydrogens (tertiary/aromatic N) is 4. The van der Waals surface area contributed by atoms with Crippen molar-refractivity contribution in [3.8, 4) is 0 Å². The van der Waals surface area contributed by atoms with Crippen LogP contribution in [0, 0.1) is 6.92 Å². The summed E-state index contributed by atoms with van der Waals surface area (Å²) in [5.41, 5.74) is 3.53. The summed E-state index contributed by atoms with van der Waals surface area (Å²) < 4.78 is 1.78. The molecule has 1 saturated heterocycles. The van der Waals surface area contributed by atoms with Gasteiger partial charge in [0.2, 0.25) is 0 Å². The Morgan fingerprint density at radius 2 is 2.26 bits per heavy atom. The monoisotopic (exact) mass is 326 g/mol. The van der Waals surface area contributed by atoms with E-state index < -0.39 is 0 Å². The van der Waals surface area contributed by atoms with Crippen molar-refractivity contribution in [1.82, 2.24) is 19.5 Å². The van der Waals surface area contributed by atoms with Crippen molar-refractivity contribution in [3.63, 3.8) is 0 Å². The highest BCUT2D eigenvalue weighted by atomic mass is 32.1. The van der Waals surface area contributed by atoms with Crippen molar-refractivity contribution in [2.24, 2.45) is 0 Å². The van der Waals surface area contributed by atoms with E-state index in [4.69, 9.17) is 4.98 Å². The van der Waals surface area contributed by atoms with E-state index in [1.165, 1.54) is 0 Å². The second-order valence-corrected chi connectivity index (χ2v) is 6.74. The highest BCUT2D eigenvalue weighted by molar-refractivity contribution is 7.08. The van der Waals surface area contributed by atoms with Crippen LogP contribution in [-0.4, -0.2) is 31.9 Å². The second-order valence-electron chi connectivity index (χ2n) is 5.96. The van der Waals surface area contributed by atoms with Gasteiger partial charge in [0.25, 0.3) is 5.91 Å². The average Bonchev–Trinajstić information content (AvgIpc) is 3.22. The zero-order valence-electron chi connectivity index (χ0n) is 13.0. The summed E-state index contributed by atoms with van der Waals surface area (Å²) in [5.74, 6) is 0.113. The maximum absolute atomic E-state index is 12.8. The molecule has 5 nitrogen and oxygen atoms in total. The summed E-state index contributed by atoms with van der Waals surface area (Å²) in [6.07, 6.45) is 5.09. The molecule has 0 unspecified atom stereocenters. The summed E-state index contributed by atoms with van der Waals surface area (Å²) in [5, 5.41) is 8.24. The lowest BCUT2D eigenvalue weighted by atomic mass is 9.98. The molecule has 0 aromatic carbocycles. The SMILES string of the molecule is Cc1cc2nc([C@H]3CCCCN3C(=O)c3ccsc3)ccn2n1. The number of carbonyl (C=O) groups excluding carboxylic acids is 1. The first-order valence-electron chi connectivity index (χ1n) is 7.88. The van der Waals surface area contributed by atoms with E-state index in [9.17, 15) is 4.79 Å². The van der Waals surface area contributed by atoms with Crippen LogP contribution in [0.25, 0.3) is 5.65 Å². The van der Waals surface area contributed by atoms with Crippen LogP contribution in [0.15, 0.2) is 35.2 Å². The number of thiophene rings is 1. The van der Waals surface area contributed by atoms with Gasteiger partial charge in [-0.1, -0.05) is 0 Å². The fraction of sp³-hybridized carbons (Fsp3) is 0.353. The molecule has 0 radical (unpaired) electrons. The third-order valence-corrected chi connectivity index (χ3v) is 5.02. The maximum atomic E-state index is 12.8. The molecule has 1 fully saturated rings. The van der Waals surface area contributed by atoms with E-state index in [0.717, 1.165) is 48.4 Å². The van der Waals surface area contributed by atoms with Crippen molar-refractivity contribution in [2.75, 3.05) is 6.54 Å². The third kappa shape index (κ3) is 2.63. The summed E-state index contributed by atoms with van der Waals surface area (Å²) in [7, 11) is 0. The molecule has 1 aliphatic heterocycles. The molecule has 4 rings (SSSR count). The van der Waals surface area contributed by atoms with Gasteiger partial charge in [-0.15, -0.1) is 0 Å². The van der Waals surface area contributed by atoms with Gasteiger partial charge in [-0.25, -0.2) is 9.50 Å². The van der Waals surface area contributed by atoms with Gasteiger partial charge in [0, 0.05) is 24.2 Å². The van der Waals surface area contributed by atoms with Crippen LogP contribution in [0.5, 0.6) is 0 Å². The number of hydrogen-bond donors (Lipinski definition) is 0. The van der Waals surface area contributed by atoms with Gasteiger partial charge in [0.1, 0.15) is 0 Å². The molecule has 1 aliphatic rings. The number of carbonyl (C=O) groups is 1. The van der Waals surface area contributed by atoms with Crippen LogP contribution in [0.4, 0.5) is 0 Å². The Hall–Kier alpha value is -2.21. The lowest BCUT2D eigenvalue weighted by Crippen LogP contribution is -2.38. The first kappa shape index (κ1) is 14.4. The van der Waals surface area contributed by atoms with E-state index in [-0.39, 0.29) is 11.9 Å². The third-order valence-electron chi connectivity index (χ3n) is 4.34. The van der Waals surface area contributed by atoms with Gasteiger partial charge >= 0.3 is 0 Å². The number of amides is 1. The Labute approximate surface area is 138 Å². The first-order valence-corrected chi connectivity index (χ1v) is 8.83. The van der Waals surface area contributed by atoms with Crippen molar-refractivity contribution >= 4 is 22.9 Å². The molecule has 0 N–H and O–H groups in total. The largest absolute Gasteiger partial charge is 0.330 e. The number of aromatic nitrogens is 3. The Bertz CT molecular complexity index is 840. The predicted molar refractivity (Wildman–Crippen MR) is 89.7 cm³/mol. The molecule has 0 spiro atoms. The molecule has 1 atom stereocenters. The minimum absolute atomic E-state index is 0.0522. The van der Waals surface area contributed by atoms with E-state index in [1.807, 2.05) is 47.0 Å². The molecule has 3 aromatic rings. The minimum atomic E-state index is 0.0522. The molecule has 1 amide bonds. The lowest BCUT2D eigenvalue weighted by Gasteiger charge is -2.35. The topological polar surface area (TPSA) is 50.5 Å². The fourth-order valence-electron chi connectivity index (χ4n) is 3.23. The van der Waals surface area contributed by atoms with Crippen LogP contribution in [0.3, 0.4) is 0 Å². The Kier molecular flexibility index (Phi) is 3.61. The lowest BCUT2D eigenvalue weighted by molar-refractivity contribution is 0.0607. The molecule has 23 heavy (non-hydrogen) atoms. The Balaban J connectivity index is 1.69. The number of fused-ring (bicyclic) bond motifs is 1. The molecular formula is C17H18N4OS. The minimum Gasteiger partial charge on any atom is -0.330 e. The number of aryl methyl sites for hydroxylation is 1. The van der Waals surface area contributed by atoms with Gasteiger partial charge in [-0.3, -0.25) is 4.79 Å². The molecule has 3 aromatic heterocycles. The molecule has 0 saturated carbocycles.